The van der Waals surface area contributed by atoms with Crippen molar-refractivity contribution in [2.75, 3.05) is 0 Å². The van der Waals surface area contributed by atoms with Gasteiger partial charge >= 0.3 is 0 Å². The Morgan fingerprint density at radius 2 is 2.00 bits per heavy atom. The number of aromatic nitrogens is 3. The van der Waals surface area contributed by atoms with E-state index >= 15 is 0 Å². The number of aromatic amines is 1. The van der Waals surface area contributed by atoms with Crippen molar-refractivity contribution in [1.82, 2.24) is 15.0 Å². The zero-order chi connectivity index (χ0) is 13.2. The minimum Gasteiger partial charge on any atom is -0.508 e. The van der Waals surface area contributed by atoms with Crippen LogP contribution in [0.3, 0.4) is 0 Å². The molecule has 19 heavy (non-hydrogen) atoms. The topological polar surface area (TPSA) is 61.8 Å². The molecule has 0 radical (unpaired) electrons. The van der Waals surface area contributed by atoms with Gasteiger partial charge in [-0.05, 0) is 30.7 Å². The summed E-state index contributed by atoms with van der Waals surface area (Å²) in [6.45, 7) is 1.86. The number of pyridine rings is 1. The number of nitrogens with one attached hydrogen (secondary N) is 1. The van der Waals surface area contributed by atoms with Gasteiger partial charge in [0.15, 0.2) is 0 Å². The molecule has 3 aromatic rings. The zero-order valence-electron chi connectivity index (χ0n) is 10.5. The lowest BCUT2D eigenvalue weighted by Crippen LogP contribution is -1.83. The molecule has 2 heterocycles. The SMILES string of the molecule is Cc1ccc(-c2ncc(-c3cccnc3)[nH]2)cc1O. The molecule has 0 aliphatic heterocycles. The fourth-order valence-electron chi connectivity index (χ4n) is 1.89. The summed E-state index contributed by atoms with van der Waals surface area (Å²) in [4.78, 5) is 11.7. The van der Waals surface area contributed by atoms with Crippen LogP contribution in [-0.4, -0.2) is 20.1 Å². The van der Waals surface area contributed by atoms with Crippen LogP contribution < -0.4 is 0 Å². The molecule has 2 N–H and O–H groups in total. The number of rotatable bonds is 2. The van der Waals surface area contributed by atoms with Gasteiger partial charge in [0.05, 0.1) is 11.9 Å². The van der Waals surface area contributed by atoms with Crippen LogP contribution in [0.4, 0.5) is 0 Å². The number of H-pyrrole nitrogens is 1. The molecule has 0 aliphatic rings. The van der Waals surface area contributed by atoms with Crippen molar-refractivity contribution in [3.05, 3.63) is 54.5 Å². The van der Waals surface area contributed by atoms with Crippen molar-refractivity contribution in [2.45, 2.75) is 6.92 Å². The number of hydrogen-bond donors (Lipinski definition) is 2. The first-order chi connectivity index (χ1) is 9.24. The van der Waals surface area contributed by atoms with Crippen molar-refractivity contribution in [3.63, 3.8) is 0 Å². The molecule has 0 spiro atoms. The number of nitrogens with zero attached hydrogens (tertiary/aromatic N) is 2. The minimum atomic E-state index is 0.275. The van der Waals surface area contributed by atoms with E-state index in [-0.39, 0.29) is 5.75 Å². The number of phenolic OH excluding ortho intramolecular Hbond substituents is 1. The average molecular weight is 251 g/mol. The lowest BCUT2D eigenvalue weighted by atomic mass is 10.1. The molecule has 0 bridgehead atoms. The second-order valence-electron chi connectivity index (χ2n) is 4.39. The van der Waals surface area contributed by atoms with E-state index in [1.807, 2.05) is 31.2 Å². The van der Waals surface area contributed by atoms with Gasteiger partial charge in [0, 0.05) is 23.5 Å². The van der Waals surface area contributed by atoms with Crippen LogP contribution in [-0.2, 0) is 0 Å². The normalized spacial score (nSPS) is 10.6. The lowest BCUT2D eigenvalue weighted by Gasteiger charge is -2.01. The number of hydrogen-bond acceptors (Lipinski definition) is 3. The Hall–Kier alpha value is -2.62. The summed E-state index contributed by atoms with van der Waals surface area (Å²) in [5.74, 6) is 1.01. The Kier molecular flexibility index (Phi) is 2.76. The van der Waals surface area contributed by atoms with Gasteiger partial charge in [-0.3, -0.25) is 4.98 Å². The molecule has 4 nitrogen and oxygen atoms in total. The van der Waals surface area contributed by atoms with Crippen molar-refractivity contribution in [1.29, 1.82) is 0 Å². The summed E-state index contributed by atoms with van der Waals surface area (Å²) >= 11 is 0. The molecule has 4 heteroatoms. The Bertz CT molecular complexity index is 704. The van der Waals surface area contributed by atoms with E-state index in [2.05, 4.69) is 15.0 Å². The highest BCUT2D eigenvalue weighted by Gasteiger charge is 2.07. The van der Waals surface area contributed by atoms with Crippen LogP contribution >= 0.6 is 0 Å². The number of aromatic hydroxyl groups is 1. The van der Waals surface area contributed by atoms with E-state index < -0.39 is 0 Å². The van der Waals surface area contributed by atoms with Crippen LogP contribution in [0.1, 0.15) is 5.56 Å². The first kappa shape index (κ1) is 11.5. The smallest absolute Gasteiger partial charge is 0.137 e. The third kappa shape index (κ3) is 2.20. The van der Waals surface area contributed by atoms with Crippen LogP contribution in [0, 0.1) is 6.92 Å². The molecule has 0 aliphatic carbocycles. The average Bonchev–Trinajstić information content (AvgIpc) is 2.93. The number of imidazole rings is 1. The van der Waals surface area contributed by atoms with E-state index in [0.717, 1.165) is 28.2 Å². The summed E-state index contributed by atoms with van der Waals surface area (Å²) < 4.78 is 0. The van der Waals surface area contributed by atoms with Gasteiger partial charge in [0.2, 0.25) is 0 Å². The summed E-state index contributed by atoms with van der Waals surface area (Å²) in [5.41, 5.74) is 3.60. The highest BCUT2D eigenvalue weighted by molar-refractivity contribution is 5.65. The minimum absolute atomic E-state index is 0.275. The number of benzene rings is 1. The third-order valence-corrected chi connectivity index (χ3v) is 3.03. The van der Waals surface area contributed by atoms with Gasteiger partial charge in [-0.2, -0.15) is 0 Å². The quantitative estimate of drug-likeness (QED) is 0.735. The molecule has 2 aromatic heterocycles. The predicted octanol–water partition coefficient (Wildman–Crippen LogP) is 3.15. The molecular formula is C15H13N3O. The van der Waals surface area contributed by atoms with E-state index in [1.54, 1.807) is 24.7 Å². The van der Waals surface area contributed by atoms with Crippen molar-refractivity contribution < 1.29 is 5.11 Å². The molecule has 3 rings (SSSR count). The Balaban J connectivity index is 1.99. The highest BCUT2D eigenvalue weighted by Crippen LogP contribution is 2.26. The third-order valence-electron chi connectivity index (χ3n) is 3.03. The Morgan fingerprint density at radius 1 is 1.11 bits per heavy atom. The van der Waals surface area contributed by atoms with Crippen LogP contribution in [0.15, 0.2) is 48.9 Å². The van der Waals surface area contributed by atoms with Crippen LogP contribution in [0.2, 0.25) is 0 Å². The first-order valence-electron chi connectivity index (χ1n) is 5.99. The summed E-state index contributed by atoms with van der Waals surface area (Å²) in [6.07, 6.45) is 5.28. The van der Waals surface area contributed by atoms with E-state index in [4.69, 9.17) is 0 Å². The van der Waals surface area contributed by atoms with Crippen molar-refractivity contribution in [3.8, 4) is 28.4 Å². The fraction of sp³-hybridized carbons (Fsp3) is 0.0667. The Morgan fingerprint density at radius 3 is 2.74 bits per heavy atom. The monoisotopic (exact) mass is 251 g/mol. The molecule has 0 amide bonds. The lowest BCUT2D eigenvalue weighted by molar-refractivity contribution is 0.471. The van der Waals surface area contributed by atoms with Gasteiger partial charge in [-0.25, -0.2) is 4.98 Å². The molecule has 0 atom stereocenters. The van der Waals surface area contributed by atoms with Crippen LogP contribution in [0.5, 0.6) is 5.75 Å². The molecule has 0 saturated carbocycles. The second-order valence-corrected chi connectivity index (χ2v) is 4.39. The maximum Gasteiger partial charge on any atom is 0.137 e. The molecule has 94 valence electrons. The molecule has 0 unspecified atom stereocenters. The van der Waals surface area contributed by atoms with Crippen LogP contribution in [0.25, 0.3) is 22.6 Å². The highest BCUT2D eigenvalue weighted by atomic mass is 16.3. The van der Waals surface area contributed by atoms with Gasteiger partial charge in [0.25, 0.3) is 0 Å². The largest absolute Gasteiger partial charge is 0.508 e. The predicted molar refractivity (Wildman–Crippen MR) is 73.7 cm³/mol. The molecule has 1 aromatic carbocycles. The fourth-order valence-corrected chi connectivity index (χ4v) is 1.89. The molecule has 0 saturated heterocycles. The summed E-state index contributed by atoms with van der Waals surface area (Å²) in [7, 11) is 0. The first-order valence-corrected chi connectivity index (χ1v) is 5.99. The van der Waals surface area contributed by atoms with Gasteiger partial charge in [-0.1, -0.05) is 12.1 Å². The Labute approximate surface area is 110 Å². The van der Waals surface area contributed by atoms with E-state index in [0.29, 0.717) is 0 Å². The molecular weight excluding hydrogens is 238 g/mol. The number of phenols is 1. The van der Waals surface area contributed by atoms with E-state index in [9.17, 15) is 5.11 Å². The number of aryl methyl sites for hydroxylation is 1. The van der Waals surface area contributed by atoms with Gasteiger partial charge in [-0.15, -0.1) is 0 Å². The van der Waals surface area contributed by atoms with Crippen molar-refractivity contribution in [2.24, 2.45) is 0 Å². The zero-order valence-corrected chi connectivity index (χ0v) is 10.5. The van der Waals surface area contributed by atoms with E-state index in [1.165, 1.54) is 0 Å². The second kappa shape index (κ2) is 4.57. The maximum absolute atomic E-state index is 9.73. The maximum atomic E-state index is 9.73. The van der Waals surface area contributed by atoms with Crippen molar-refractivity contribution >= 4 is 0 Å². The summed E-state index contributed by atoms with van der Waals surface area (Å²) in [5, 5.41) is 9.73. The standard InChI is InChI=1S/C15H13N3O/c1-10-4-5-11(7-14(10)19)15-17-9-13(18-15)12-3-2-6-16-8-12/h2-9,19H,1H3,(H,17,18). The van der Waals surface area contributed by atoms with Gasteiger partial charge in [0.1, 0.15) is 11.6 Å². The molecule has 0 fully saturated rings. The van der Waals surface area contributed by atoms with Gasteiger partial charge < -0.3 is 10.1 Å². The summed E-state index contributed by atoms with van der Waals surface area (Å²) in [6, 6.07) is 9.36.